The number of aryl methyl sites for hydroxylation is 1. The minimum Gasteiger partial charge on any atom is -0.433 e. The number of halogens is 2. The molecule has 0 aliphatic heterocycles. The summed E-state index contributed by atoms with van der Waals surface area (Å²) < 4.78 is 13.5. The van der Waals surface area contributed by atoms with Crippen molar-refractivity contribution in [2.24, 2.45) is 0 Å². The third kappa shape index (κ3) is 4.93. The van der Waals surface area contributed by atoms with Crippen LogP contribution in [0.15, 0.2) is 35.2 Å². The van der Waals surface area contributed by atoms with E-state index in [0.29, 0.717) is 28.5 Å². The number of aromatic nitrogens is 4. The molecule has 0 aliphatic carbocycles. The molecule has 0 radical (unpaired) electrons. The second-order valence-electron chi connectivity index (χ2n) is 6.34. The molecule has 11 heteroatoms. The molecule has 148 valence electrons. The van der Waals surface area contributed by atoms with Crippen LogP contribution in [0, 0.1) is 12.7 Å². The summed E-state index contributed by atoms with van der Waals surface area (Å²) >= 11 is 2.97. The normalized spacial score (nSPS) is 10.7. The summed E-state index contributed by atoms with van der Waals surface area (Å²) in [6, 6.07) is 4.45. The van der Waals surface area contributed by atoms with Gasteiger partial charge in [-0.15, -0.1) is 0 Å². The standard InChI is InChI=1S/C18H17BBrFN6O2/c1-9-24-14(7-16(25-9)27-19(2)29)11-3-4-23-8-10(11)5-15(28)17-13(22)6-12(21)18(20)26-17/h3-4,6-8,29H,5,22H2,1-2H3,(H,24,25,27). The van der Waals surface area contributed by atoms with E-state index < -0.39 is 12.9 Å². The Labute approximate surface area is 175 Å². The minimum absolute atomic E-state index is 0.0246. The maximum Gasteiger partial charge on any atom is 0.408 e. The Morgan fingerprint density at radius 1 is 1.34 bits per heavy atom. The third-order valence-corrected chi connectivity index (χ3v) is 4.51. The van der Waals surface area contributed by atoms with Gasteiger partial charge in [0.05, 0.1) is 11.4 Å². The molecule has 3 rings (SSSR count). The van der Waals surface area contributed by atoms with Gasteiger partial charge in [0, 0.05) is 36.5 Å². The van der Waals surface area contributed by atoms with E-state index in [0.717, 1.165) is 6.07 Å². The van der Waals surface area contributed by atoms with Gasteiger partial charge in [-0.3, -0.25) is 9.78 Å². The highest BCUT2D eigenvalue weighted by molar-refractivity contribution is 9.10. The largest absolute Gasteiger partial charge is 0.433 e. The molecule has 0 fully saturated rings. The maximum atomic E-state index is 13.6. The van der Waals surface area contributed by atoms with Gasteiger partial charge in [0.2, 0.25) is 0 Å². The molecule has 4 N–H and O–H groups in total. The molecule has 3 heterocycles. The number of anilines is 2. The predicted octanol–water partition coefficient (Wildman–Crippen LogP) is 2.67. The van der Waals surface area contributed by atoms with Gasteiger partial charge >= 0.3 is 7.05 Å². The molecular weight excluding hydrogens is 442 g/mol. The molecule has 0 amide bonds. The van der Waals surface area contributed by atoms with Crippen LogP contribution in [-0.4, -0.2) is 37.8 Å². The number of nitrogens with one attached hydrogen (secondary N) is 1. The first-order valence-electron chi connectivity index (χ1n) is 8.63. The van der Waals surface area contributed by atoms with Crippen LogP contribution in [0.5, 0.6) is 0 Å². The topological polar surface area (TPSA) is 127 Å². The zero-order chi connectivity index (χ0) is 21.1. The number of rotatable bonds is 6. The number of nitrogens with zero attached hydrogens (tertiary/aromatic N) is 4. The summed E-state index contributed by atoms with van der Waals surface area (Å²) in [7, 11) is -0.790. The lowest BCUT2D eigenvalue weighted by Gasteiger charge is -2.12. The molecule has 0 spiro atoms. The first-order chi connectivity index (χ1) is 13.7. The molecule has 0 saturated heterocycles. The van der Waals surface area contributed by atoms with E-state index in [1.165, 1.54) is 0 Å². The molecule has 0 bridgehead atoms. The Balaban J connectivity index is 1.97. The van der Waals surface area contributed by atoms with Crippen LogP contribution in [0.2, 0.25) is 6.82 Å². The van der Waals surface area contributed by atoms with E-state index >= 15 is 0 Å². The first-order valence-corrected chi connectivity index (χ1v) is 9.42. The third-order valence-electron chi connectivity index (χ3n) is 3.95. The van der Waals surface area contributed by atoms with E-state index in [4.69, 9.17) is 5.73 Å². The van der Waals surface area contributed by atoms with Crippen LogP contribution in [0.4, 0.5) is 15.9 Å². The van der Waals surface area contributed by atoms with Gasteiger partial charge in [0.25, 0.3) is 0 Å². The van der Waals surface area contributed by atoms with E-state index in [1.807, 2.05) is 0 Å². The summed E-state index contributed by atoms with van der Waals surface area (Å²) in [6.07, 6.45) is 3.09. The van der Waals surface area contributed by atoms with Crippen molar-refractivity contribution in [2.75, 3.05) is 11.0 Å². The average molecular weight is 459 g/mol. The molecule has 29 heavy (non-hydrogen) atoms. The Morgan fingerprint density at radius 3 is 2.83 bits per heavy atom. The second kappa shape index (κ2) is 8.62. The molecule has 0 aromatic carbocycles. The number of carbonyl (C=O) groups is 1. The van der Waals surface area contributed by atoms with Gasteiger partial charge in [-0.2, -0.15) is 0 Å². The van der Waals surface area contributed by atoms with Crippen molar-refractivity contribution in [3.8, 4) is 11.3 Å². The fourth-order valence-electron chi connectivity index (χ4n) is 2.77. The van der Waals surface area contributed by atoms with Crippen molar-refractivity contribution in [1.29, 1.82) is 0 Å². The number of pyridine rings is 2. The Bertz CT molecular complexity index is 1080. The SMILES string of the molecule is CB(O)Nc1cc(-c2ccncc2CC(=O)c2nc(Br)c(F)cc2N)nc(C)n1. The molecule has 0 atom stereocenters. The summed E-state index contributed by atoms with van der Waals surface area (Å²) in [5.41, 5.74) is 7.54. The van der Waals surface area contributed by atoms with E-state index in [-0.39, 0.29) is 28.2 Å². The number of hydrogen-bond donors (Lipinski definition) is 3. The number of carbonyl (C=O) groups excluding carboxylic acids is 1. The molecule has 0 aliphatic rings. The zero-order valence-corrected chi connectivity index (χ0v) is 17.2. The molecule has 0 saturated carbocycles. The van der Waals surface area contributed by atoms with Crippen LogP contribution in [0.1, 0.15) is 21.9 Å². The van der Waals surface area contributed by atoms with Crippen molar-refractivity contribution in [1.82, 2.24) is 19.9 Å². The van der Waals surface area contributed by atoms with Crippen LogP contribution in [-0.2, 0) is 6.42 Å². The summed E-state index contributed by atoms with van der Waals surface area (Å²) in [4.78, 5) is 29.4. The van der Waals surface area contributed by atoms with Gasteiger partial charge in [-0.25, -0.2) is 19.3 Å². The first kappa shape index (κ1) is 20.8. The van der Waals surface area contributed by atoms with Gasteiger partial charge < -0.3 is 16.0 Å². The highest BCUT2D eigenvalue weighted by atomic mass is 79.9. The minimum atomic E-state index is -0.790. The van der Waals surface area contributed by atoms with Crippen LogP contribution >= 0.6 is 15.9 Å². The van der Waals surface area contributed by atoms with Gasteiger partial charge in [0.1, 0.15) is 21.9 Å². The number of Topliss-reactive ketones (excluding diaryl/α,β-unsaturated/α-hetero) is 1. The summed E-state index contributed by atoms with van der Waals surface area (Å²) in [5.74, 6) is -0.0839. The van der Waals surface area contributed by atoms with Crippen LogP contribution in [0.25, 0.3) is 11.3 Å². The van der Waals surface area contributed by atoms with E-state index in [2.05, 4.69) is 41.1 Å². The van der Waals surface area contributed by atoms with Gasteiger partial charge in [-0.05, 0) is 41.3 Å². The lowest BCUT2D eigenvalue weighted by Crippen LogP contribution is -2.20. The quantitative estimate of drug-likeness (QED) is 0.292. The Hall–Kier alpha value is -2.92. The lowest BCUT2D eigenvalue weighted by atomic mass is 9.89. The fraction of sp³-hybridized carbons (Fsp3) is 0.167. The molecule has 3 aromatic rings. The molecule has 0 unspecified atom stereocenters. The Kier molecular flexibility index (Phi) is 6.19. The maximum absolute atomic E-state index is 13.6. The Morgan fingerprint density at radius 2 is 2.10 bits per heavy atom. The predicted molar refractivity (Wildman–Crippen MR) is 112 cm³/mol. The van der Waals surface area contributed by atoms with Gasteiger partial charge in [-0.1, -0.05) is 0 Å². The summed E-state index contributed by atoms with van der Waals surface area (Å²) in [5, 5.41) is 12.4. The van der Waals surface area contributed by atoms with E-state index in [9.17, 15) is 14.2 Å². The van der Waals surface area contributed by atoms with Crippen molar-refractivity contribution in [3.05, 3.63) is 58.1 Å². The van der Waals surface area contributed by atoms with Crippen molar-refractivity contribution in [2.45, 2.75) is 20.2 Å². The lowest BCUT2D eigenvalue weighted by molar-refractivity contribution is 0.0989. The number of nitrogen functional groups attached to an aromatic ring is 1. The van der Waals surface area contributed by atoms with Gasteiger partial charge in [0.15, 0.2) is 11.6 Å². The van der Waals surface area contributed by atoms with Crippen molar-refractivity contribution >= 4 is 40.3 Å². The zero-order valence-electron chi connectivity index (χ0n) is 15.6. The fourth-order valence-corrected chi connectivity index (χ4v) is 3.06. The smallest absolute Gasteiger partial charge is 0.408 e. The number of ketones is 1. The average Bonchev–Trinajstić information content (AvgIpc) is 2.64. The van der Waals surface area contributed by atoms with Crippen molar-refractivity contribution < 1.29 is 14.2 Å². The van der Waals surface area contributed by atoms with E-state index in [1.54, 1.807) is 38.3 Å². The molecule has 3 aromatic heterocycles. The monoisotopic (exact) mass is 458 g/mol. The summed E-state index contributed by atoms with van der Waals surface area (Å²) in [6.45, 7) is 3.30. The highest BCUT2D eigenvalue weighted by Gasteiger charge is 2.19. The number of nitrogens with two attached hydrogens (primary N) is 1. The van der Waals surface area contributed by atoms with Crippen LogP contribution < -0.4 is 11.0 Å². The second-order valence-corrected chi connectivity index (χ2v) is 7.09. The molecule has 8 nitrogen and oxygen atoms in total. The van der Waals surface area contributed by atoms with Crippen molar-refractivity contribution in [3.63, 3.8) is 0 Å². The number of hydrogen-bond acceptors (Lipinski definition) is 8. The molecular formula is C18H17BBrFN6O2. The highest BCUT2D eigenvalue weighted by Crippen LogP contribution is 2.26. The van der Waals surface area contributed by atoms with Crippen LogP contribution in [0.3, 0.4) is 0 Å².